The molecule has 0 unspecified atom stereocenters. The van der Waals surface area contributed by atoms with E-state index in [0.717, 1.165) is 5.56 Å². The van der Waals surface area contributed by atoms with Gasteiger partial charge in [-0.15, -0.1) is 0 Å². The number of hydrazone groups is 1. The number of nitrogens with zero attached hydrogens (tertiary/aromatic N) is 1. The van der Waals surface area contributed by atoms with Gasteiger partial charge in [-0.1, -0.05) is 30.3 Å². The van der Waals surface area contributed by atoms with Crippen molar-refractivity contribution in [1.82, 2.24) is 10.7 Å². The van der Waals surface area contributed by atoms with E-state index in [1.807, 2.05) is 30.3 Å². The van der Waals surface area contributed by atoms with Crippen molar-refractivity contribution < 1.29 is 14.7 Å². The summed E-state index contributed by atoms with van der Waals surface area (Å²) in [7, 11) is 0. The van der Waals surface area contributed by atoms with Crippen LogP contribution in [0.25, 0.3) is 0 Å². The van der Waals surface area contributed by atoms with Crippen LogP contribution in [0.4, 0.5) is 0 Å². The fraction of sp³-hybridized carbons (Fsp3) is 0.0625. The normalized spacial score (nSPS) is 10.4. The quantitative estimate of drug-likeness (QED) is 0.449. The van der Waals surface area contributed by atoms with Crippen molar-refractivity contribution in [1.29, 1.82) is 0 Å². The Labute approximate surface area is 127 Å². The molecule has 0 heterocycles. The first kappa shape index (κ1) is 15.2. The number of rotatable bonds is 4. The number of carbonyl (C=O) groups excluding carboxylic acids is 2. The highest BCUT2D eigenvalue weighted by molar-refractivity contribution is 6.35. The topological polar surface area (TPSA) is 90.8 Å². The smallest absolute Gasteiger partial charge is 0.329 e. The number of benzene rings is 2. The molecule has 0 aromatic heterocycles. The lowest BCUT2D eigenvalue weighted by molar-refractivity contribution is -0.139. The van der Waals surface area contributed by atoms with Crippen LogP contribution in [-0.4, -0.2) is 23.1 Å². The molecule has 0 bridgehead atoms. The van der Waals surface area contributed by atoms with E-state index in [1.54, 1.807) is 12.1 Å². The molecule has 0 saturated carbocycles. The molecule has 0 saturated heterocycles. The van der Waals surface area contributed by atoms with Gasteiger partial charge in [-0.25, -0.2) is 5.43 Å². The van der Waals surface area contributed by atoms with Crippen molar-refractivity contribution in [3.05, 3.63) is 65.7 Å². The molecule has 22 heavy (non-hydrogen) atoms. The van der Waals surface area contributed by atoms with Gasteiger partial charge in [-0.2, -0.15) is 5.10 Å². The third-order valence-corrected chi connectivity index (χ3v) is 2.77. The molecule has 0 aliphatic rings. The Morgan fingerprint density at radius 2 is 1.68 bits per heavy atom. The summed E-state index contributed by atoms with van der Waals surface area (Å²) in [6, 6.07) is 15.5. The molecular formula is C16H15N3O3. The number of carbonyl (C=O) groups is 2. The standard InChI is InChI=1S/C16H15N3O3/c20-14-8-6-13(7-9-14)11-18-19-16(22)15(21)17-10-12-4-2-1-3-5-12/h1-9,11,20H,10H2,(H,17,21)(H,19,22)/b18-11-. The second-order valence-electron chi connectivity index (χ2n) is 4.46. The highest BCUT2D eigenvalue weighted by atomic mass is 16.3. The summed E-state index contributed by atoms with van der Waals surface area (Å²) in [6.07, 6.45) is 1.38. The van der Waals surface area contributed by atoms with Crippen molar-refractivity contribution in [2.45, 2.75) is 6.54 Å². The number of amides is 2. The number of aromatic hydroxyl groups is 1. The lowest BCUT2D eigenvalue weighted by Crippen LogP contribution is -2.37. The zero-order valence-electron chi connectivity index (χ0n) is 11.7. The lowest BCUT2D eigenvalue weighted by atomic mass is 10.2. The average Bonchev–Trinajstić information content (AvgIpc) is 2.55. The molecule has 112 valence electrons. The van der Waals surface area contributed by atoms with Crippen LogP contribution < -0.4 is 10.7 Å². The van der Waals surface area contributed by atoms with E-state index in [0.29, 0.717) is 5.56 Å². The van der Waals surface area contributed by atoms with Crippen molar-refractivity contribution in [3.63, 3.8) is 0 Å². The maximum atomic E-state index is 11.6. The summed E-state index contributed by atoms with van der Waals surface area (Å²) in [5, 5.41) is 15.3. The lowest BCUT2D eigenvalue weighted by Gasteiger charge is -2.03. The third-order valence-electron chi connectivity index (χ3n) is 2.77. The Hall–Kier alpha value is -3.15. The van der Waals surface area contributed by atoms with Crippen LogP contribution >= 0.6 is 0 Å². The van der Waals surface area contributed by atoms with E-state index >= 15 is 0 Å². The maximum Gasteiger partial charge on any atom is 0.329 e. The molecule has 3 N–H and O–H groups in total. The van der Waals surface area contributed by atoms with Crippen molar-refractivity contribution in [2.75, 3.05) is 0 Å². The van der Waals surface area contributed by atoms with Crippen molar-refractivity contribution >= 4 is 18.0 Å². The minimum absolute atomic E-state index is 0.140. The molecule has 2 aromatic carbocycles. The largest absolute Gasteiger partial charge is 0.508 e. The molecule has 6 heteroatoms. The van der Waals surface area contributed by atoms with E-state index in [4.69, 9.17) is 5.11 Å². The summed E-state index contributed by atoms with van der Waals surface area (Å²) in [4.78, 5) is 23.1. The van der Waals surface area contributed by atoms with Gasteiger partial charge in [0.25, 0.3) is 0 Å². The number of hydrogen-bond donors (Lipinski definition) is 3. The maximum absolute atomic E-state index is 11.6. The van der Waals surface area contributed by atoms with Crippen LogP contribution in [0.3, 0.4) is 0 Å². The van der Waals surface area contributed by atoms with Crippen LogP contribution in [0.2, 0.25) is 0 Å². The number of phenols is 1. The summed E-state index contributed by atoms with van der Waals surface area (Å²) in [5.41, 5.74) is 3.72. The summed E-state index contributed by atoms with van der Waals surface area (Å²) >= 11 is 0. The fourth-order valence-electron chi connectivity index (χ4n) is 1.64. The molecule has 0 atom stereocenters. The highest BCUT2D eigenvalue weighted by Gasteiger charge is 2.11. The average molecular weight is 297 g/mol. The summed E-state index contributed by atoms with van der Waals surface area (Å²) < 4.78 is 0. The molecule has 2 amide bonds. The predicted molar refractivity (Wildman–Crippen MR) is 82.1 cm³/mol. The Morgan fingerprint density at radius 3 is 2.36 bits per heavy atom. The molecule has 0 spiro atoms. The monoisotopic (exact) mass is 297 g/mol. The van der Waals surface area contributed by atoms with Gasteiger partial charge in [0.05, 0.1) is 6.21 Å². The first-order valence-electron chi connectivity index (χ1n) is 6.59. The van der Waals surface area contributed by atoms with Gasteiger partial charge in [0.15, 0.2) is 0 Å². The minimum Gasteiger partial charge on any atom is -0.508 e. The predicted octanol–water partition coefficient (Wildman–Crippen LogP) is 1.16. The Balaban J connectivity index is 1.79. The van der Waals surface area contributed by atoms with Gasteiger partial charge >= 0.3 is 11.8 Å². The fourth-order valence-corrected chi connectivity index (χ4v) is 1.64. The van der Waals surface area contributed by atoms with Crippen LogP contribution in [0.5, 0.6) is 5.75 Å². The Morgan fingerprint density at radius 1 is 1.00 bits per heavy atom. The molecule has 2 rings (SSSR count). The zero-order valence-corrected chi connectivity index (χ0v) is 11.7. The molecule has 0 aliphatic carbocycles. The van der Waals surface area contributed by atoms with E-state index < -0.39 is 11.8 Å². The first-order valence-corrected chi connectivity index (χ1v) is 6.59. The highest BCUT2D eigenvalue weighted by Crippen LogP contribution is 2.07. The van der Waals surface area contributed by atoms with E-state index in [9.17, 15) is 9.59 Å². The van der Waals surface area contributed by atoms with E-state index in [2.05, 4.69) is 15.8 Å². The number of hydrogen-bond acceptors (Lipinski definition) is 4. The molecule has 2 aromatic rings. The van der Waals surface area contributed by atoms with Crippen LogP contribution in [-0.2, 0) is 16.1 Å². The molecule has 6 nitrogen and oxygen atoms in total. The number of phenolic OH excluding ortho intramolecular Hbond substituents is 1. The molecule has 0 radical (unpaired) electrons. The van der Waals surface area contributed by atoms with Gasteiger partial charge in [0.1, 0.15) is 5.75 Å². The Kier molecular flexibility index (Phi) is 5.25. The van der Waals surface area contributed by atoms with Crippen molar-refractivity contribution in [3.8, 4) is 5.75 Å². The number of nitrogens with one attached hydrogen (secondary N) is 2. The second kappa shape index (κ2) is 7.58. The summed E-state index contributed by atoms with van der Waals surface area (Å²) in [6.45, 7) is 0.273. The molecular weight excluding hydrogens is 282 g/mol. The van der Waals surface area contributed by atoms with Gasteiger partial charge < -0.3 is 10.4 Å². The Bertz CT molecular complexity index is 667. The zero-order chi connectivity index (χ0) is 15.8. The summed E-state index contributed by atoms with van der Waals surface area (Å²) in [5.74, 6) is -1.46. The van der Waals surface area contributed by atoms with Gasteiger partial charge in [-0.05, 0) is 35.4 Å². The second-order valence-corrected chi connectivity index (χ2v) is 4.46. The third kappa shape index (κ3) is 4.75. The molecule has 0 aliphatic heterocycles. The van der Waals surface area contributed by atoms with Crippen LogP contribution in [0.15, 0.2) is 59.7 Å². The van der Waals surface area contributed by atoms with Crippen LogP contribution in [0.1, 0.15) is 11.1 Å². The van der Waals surface area contributed by atoms with Crippen LogP contribution in [0, 0.1) is 0 Å². The van der Waals surface area contributed by atoms with E-state index in [-0.39, 0.29) is 12.3 Å². The van der Waals surface area contributed by atoms with Gasteiger partial charge in [-0.3, -0.25) is 9.59 Å². The van der Waals surface area contributed by atoms with Crippen molar-refractivity contribution in [2.24, 2.45) is 5.10 Å². The minimum atomic E-state index is -0.842. The van der Waals surface area contributed by atoms with E-state index in [1.165, 1.54) is 18.3 Å². The van der Waals surface area contributed by atoms with Gasteiger partial charge in [0, 0.05) is 6.54 Å². The molecule has 0 fully saturated rings. The van der Waals surface area contributed by atoms with Gasteiger partial charge in [0.2, 0.25) is 0 Å². The first-order chi connectivity index (χ1) is 10.6. The SMILES string of the molecule is O=C(NCc1ccccc1)C(=O)N/N=C\c1ccc(O)cc1.